The van der Waals surface area contributed by atoms with Crippen LogP contribution in [0.4, 0.5) is 0 Å². The standard InChI is InChI=1S/C56H66N4O2/c1-5-29-61-55(49-21-25-57-51-15-11-9-13-47(49)51)53-33-44-23-27-59(53,37-41(44)7-3)35-39-17-19-43-20-18-40(32-46(43)31-39)36-60-28-24-45(42(8-4)38-60)34-54(60)56(62-30-6-2)50-22-26-58-52-16-12-10-14-48(50)52/h5-6,9-22,25-26,31-32,41-42,44-45,53-56H,1-2,7-8,23-24,27-30,33-38H2,3-4H3/q+2/t41?,42?,44?,45?,53?,54?,55-,56-,59?,60?/m1/s1. The number of para-hydroxylation sites is 2. The maximum Gasteiger partial charge on any atom is 0.135 e. The third kappa shape index (κ3) is 7.51. The molecule has 8 heterocycles. The minimum atomic E-state index is -0.0273. The van der Waals surface area contributed by atoms with Crippen molar-refractivity contribution in [3.05, 3.63) is 157 Å². The van der Waals surface area contributed by atoms with Crippen LogP contribution in [-0.2, 0) is 22.6 Å². The predicted octanol–water partition coefficient (Wildman–Crippen LogP) is 12.1. The number of hydrogen-bond acceptors (Lipinski definition) is 4. The molecule has 0 amide bonds. The van der Waals surface area contributed by atoms with Gasteiger partial charge < -0.3 is 18.4 Å². The van der Waals surface area contributed by atoms with Crippen LogP contribution >= 0.6 is 0 Å². The van der Waals surface area contributed by atoms with Gasteiger partial charge >= 0.3 is 0 Å². The van der Waals surface area contributed by atoms with Gasteiger partial charge in [-0.2, -0.15) is 0 Å². The molecule has 6 aliphatic heterocycles. The van der Waals surface area contributed by atoms with Crippen molar-refractivity contribution in [2.75, 3.05) is 39.4 Å². The second-order valence-corrected chi connectivity index (χ2v) is 19.5. The van der Waals surface area contributed by atoms with Crippen LogP contribution in [0.1, 0.15) is 86.8 Å². The number of rotatable bonds is 16. The van der Waals surface area contributed by atoms with Crippen LogP contribution in [0, 0.1) is 23.7 Å². The molecule has 6 aromatic rings. The second kappa shape index (κ2) is 17.4. The number of quaternary nitrogens is 2. The van der Waals surface area contributed by atoms with Crippen LogP contribution in [0.3, 0.4) is 0 Å². The molecule has 6 heteroatoms. The van der Waals surface area contributed by atoms with E-state index in [9.17, 15) is 0 Å². The van der Waals surface area contributed by atoms with Crippen LogP contribution in [0.15, 0.2) is 135 Å². The number of pyridine rings is 2. The monoisotopic (exact) mass is 827 g/mol. The van der Waals surface area contributed by atoms with Crippen molar-refractivity contribution in [1.82, 2.24) is 9.97 Å². The molecule has 0 spiro atoms. The van der Waals surface area contributed by atoms with Gasteiger partial charge in [0.15, 0.2) is 0 Å². The zero-order chi connectivity index (χ0) is 42.3. The maximum atomic E-state index is 6.92. The second-order valence-electron chi connectivity index (χ2n) is 19.5. The van der Waals surface area contributed by atoms with Crippen molar-refractivity contribution in [1.29, 1.82) is 0 Å². The lowest BCUT2D eigenvalue weighted by atomic mass is 9.70. The van der Waals surface area contributed by atoms with E-state index in [2.05, 4.69) is 124 Å². The molecule has 4 bridgehead atoms. The number of piperidine rings is 6. The van der Waals surface area contributed by atoms with Gasteiger partial charge in [0.05, 0.1) is 50.4 Å². The molecule has 0 saturated carbocycles. The van der Waals surface area contributed by atoms with E-state index in [4.69, 9.17) is 19.4 Å². The van der Waals surface area contributed by atoms with Gasteiger partial charge in [0, 0.05) is 71.8 Å². The molecule has 8 unspecified atom stereocenters. The highest BCUT2D eigenvalue weighted by molar-refractivity contribution is 5.84. The van der Waals surface area contributed by atoms with Crippen LogP contribution < -0.4 is 0 Å². The van der Waals surface area contributed by atoms with E-state index >= 15 is 0 Å². The smallest absolute Gasteiger partial charge is 0.135 e. The fourth-order valence-corrected chi connectivity index (χ4v) is 13.5. The average Bonchev–Trinajstić information content (AvgIpc) is 3.32. The first-order chi connectivity index (χ1) is 30.4. The SMILES string of the molecule is C=CCO[C@H](c1ccnc2ccccc12)C1CC2CC[N+]1(Cc1ccc3ccc(C[N+]45CCC(CC4[C@H](OCC=C)c4ccnc6ccccc46)C(CC)C5)cc3c1)CC2CC. The maximum absolute atomic E-state index is 6.92. The Hall–Kier alpha value is -4.72. The molecule has 62 heavy (non-hydrogen) atoms. The fraction of sp³-hybridized carbons (Fsp3) is 0.429. The normalized spacial score (nSPS) is 28.9. The van der Waals surface area contributed by atoms with Crippen molar-refractivity contribution >= 4 is 32.6 Å². The van der Waals surface area contributed by atoms with Crippen molar-refractivity contribution in [3.63, 3.8) is 0 Å². The number of aromatic nitrogens is 2. The number of nitrogens with zero attached hydrogens (tertiary/aromatic N) is 4. The van der Waals surface area contributed by atoms with Crippen molar-refractivity contribution in [3.8, 4) is 0 Å². The molecule has 6 nitrogen and oxygen atoms in total. The van der Waals surface area contributed by atoms with Crippen molar-refractivity contribution in [2.45, 2.75) is 89.8 Å². The van der Waals surface area contributed by atoms with Gasteiger partial charge in [-0.1, -0.05) is 86.7 Å². The summed E-state index contributed by atoms with van der Waals surface area (Å²) in [5.41, 5.74) is 7.51. The van der Waals surface area contributed by atoms with Crippen molar-refractivity contribution in [2.24, 2.45) is 23.7 Å². The molecule has 0 N–H and O–H groups in total. The van der Waals surface area contributed by atoms with E-state index in [0.717, 1.165) is 56.8 Å². The third-order valence-electron chi connectivity index (χ3n) is 16.4. The lowest BCUT2D eigenvalue weighted by Crippen LogP contribution is -2.68. The van der Waals surface area contributed by atoms with Crippen LogP contribution in [0.5, 0.6) is 0 Å². The highest BCUT2D eigenvalue weighted by Crippen LogP contribution is 2.51. The Morgan fingerprint density at radius 2 is 1.08 bits per heavy atom. The molecule has 2 aromatic heterocycles. The summed E-state index contributed by atoms with van der Waals surface area (Å²) in [7, 11) is 0. The Kier molecular flexibility index (Phi) is 11.6. The van der Waals surface area contributed by atoms with Gasteiger partial charge in [-0.3, -0.25) is 9.97 Å². The topological polar surface area (TPSA) is 44.2 Å². The summed E-state index contributed by atoms with van der Waals surface area (Å²) in [6, 6.07) is 37.1. The van der Waals surface area contributed by atoms with Gasteiger partial charge in [-0.15, -0.1) is 13.2 Å². The largest absolute Gasteiger partial charge is 0.363 e. The van der Waals surface area contributed by atoms with Gasteiger partial charge in [-0.25, -0.2) is 0 Å². The Morgan fingerprint density at radius 3 is 1.53 bits per heavy atom. The number of benzene rings is 4. The predicted molar refractivity (Wildman–Crippen MR) is 253 cm³/mol. The Labute approximate surface area is 369 Å². The molecule has 320 valence electrons. The molecule has 0 aliphatic carbocycles. The summed E-state index contributed by atoms with van der Waals surface area (Å²) in [6.45, 7) is 20.9. The number of fused-ring (bicyclic) bond motifs is 9. The first kappa shape index (κ1) is 41.3. The molecule has 6 aliphatic rings. The zero-order valence-electron chi connectivity index (χ0n) is 37.1. The number of hydrogen-bond donors (Lipinski definition) is 0. The van der Waals surface area contributed by atoms with Gasteiger partial charge in [-0.05, 0) is 83.0 Å². The molecule has 0 radical (unpaired) electrons. The van der Waals surface area contributed by atoms with Gasteiger partial charge in [0.25, 0.3) is 0 Å². The lowest BCUT2D eigenvalue weighted by Gasteiger charge is -2.59. The highest BCUT2D eigenvalue weighted by Gasteiger charge is 2.56. The Balaban J connectivity index is 0.995. The third-order valence-corrected chi connectivity index (χ3v) is 16.4. The van der Waals surface area contributed by atoms with Crippen molar-refractivity contribution < 1.29 is 18.4 Å². The van der Waals surface area contributed by atoms with E-state index in [1.807, 2.05) is 24.5 Å². The summed E-state index contributed by atoms with van der Waals surface area (Å²) < 4.78 is 16.0. The lowest BCUT2D eigenvalue weighted by molar-refractivity contribution is -0.986. The Morgan fingerprint density at radius 1 is 0.613 bits per heavy atom. The average molecular weight is 827 g/mol. The summed E-state index contributed by atoms with van der Waals surface area (Å²) in [5, 5.41) is 5.10. The Bertz CT molecular complexity index is 2390. The quantitative estimate of drug-likeness (QED) is 0.0720. The van der Waals surface area contributed by atoms with E-state index in [0.29, 0.717) is 25.3 Å². The molecule has 4 aromatic carbocycles. The molecule has 6 fully saturated rings. The van der Waals surface area contributed by atoms with Gasteiger partial charge in [0.2, 0.25) is 0 Å². The minimum absolute atomic E-state index is 0.0273. The van der Waals surface area contributed by atoms with E-state index in [1.165, 1.54) is 109 Å². The van der Waals surface area contributed by atoms with E-state index in [1.54, 1.807) is 0 Å². The van der Waals surface area contributed by atoms with Crippen LogP contribution in [0.2, 0.25) is 0 Å². The van der Waals surface area contributed by atoms with Crippen LogP contribution in [0.25, 0.3) is 32.6 Å². The first-order valence-corrected chi connectivity index (χ1v) is 23.8. The van der Waals surface area contributed by atoms with Gasteiger partial charge in [0.1, 0.15) is 37.4 Å². The molecule has 6 saturated heterocycles. The summed E-state index contributed by atoms with van der Waals surface area (Å²) in [5.74, 6) is 2.98. The minimum Gasteiger partial charge on any atom is -0.363 e. The fourth-order valence-electron chi connectivity index (χ4n) is 13.5. The zero-order valence-corrected chi connectivity index (χ0v) is 37.1. The molecule has 12 rings (SSSR count). The van der Waals surface area contributed by atoms with E-state index in [-0.39, 0.29) is 12.2 Å². The summed E-state index contributed by atoms with van der Waals surface area (Å²) in [6.07, 6.45) is 15.2. The number of ether oxygens (including phenoxy) is 2. The first-order valence-electron chi connectivity index (χ1n) is 23.8. The molecular weight excluding hydrogens is 761 g/mol. The highest BCUT2D eigenvalue weighted by atomic mass is 16.5. The van der Waals surface area contributed by atoms with E-state index < -0.39 is 0 Å². The summed E-state index contributed by atoms with van der Waals surface area (Å²) in [4.78, 5) is 9.51. The molecular formula is C56H66N4O2+2. The van der Waals surface area contributed by atoms with Crippen LogP contribution in [-0.4, -0.2) is 70.4 Å². The molecule has 10 atom stereocenters. The summed E-state index contributed by atoms with van der Waals surface area (Å²) >= 11 is 0.